The minimum atomic E-state index is -0.859. The van der Waals surface area contributed by atoms with Crippen molar-refractivity contribution in [2.45, 2.75) is 25.3 Å². The molecule has 4 amide bonds. The van der Waals surface area contributed by atoms with Crippen molar-refractivity contribution in [2.75, 3.05) is 29.9 Å². The Morgan fingerprint density at radius 3 is 2.42 bits per heavy atom. The molecule has 9 nitrogen and oxygen atoms in total. The third kappa shape index (κ3) is 7.69. The normalized spacial score (nSPS) is 14.4. The molecule has 0 radical (unpaired) electrons. The maximum atomic E-state index is 13.2. The number of amides is 4. The van der Waals surface area contributed by atoms with Gasteiger partial charge in [-0.2, -0.15) is 0 Å². The van der Waals surface area contributed by atoms with Crippen molar-refractivity contribution in [3.8, 4) is 0 Å². The SMILES string of the molecule is NC(=O)c1cccc(CC(NC(=O)Nc2ccc(Cl)cc2)C(=O)NCC2CCN(c3ccncc3)CC2)c1. The van der Waals surface area contributed by atoms with Gasteiger partial charge in [-0.15, -0.1) is 0 Å². The molecule has 38 heavy (non-hydrogen) atoms. The van der Waals surface area contributed by atoms with Crippen molar-refractivity contribution >= 4 is 40.8 Å². The zero-order valence-corrected chi connectivity index (χ0v) is 21.7. The summed E-state index contributed by atoms with van der Waals surface area (Å²) in [7, 11) is 0. The van der Waals surface area contributed by atoms with Crippen LogP contribution in [0.2, 0.25) is 5.02 Å². The van der Waals surface area contributed by atoms with Gasteiger partial charge in [-0.25, -0.2) is 4.79 Å². The van der Waals surface area contributed by atoms with Crippen LogP contribution in [0, 0.1) is 5.92 Å². The number of primary amides is 1. The molecular weight excluding hydrogens is 504 g/mol. The lowest BCUT2D eigenvalue weighted by atomic mass is 9.96. The van der Waals surface area contributed by atoms with Crippen molar-refractivity contribution in [3.63, 3.8) is 0 Å². The number of halogens is 1. The summed E-state index contributed by atoms with van der Waals surface area (Å²) in [6.45, 7) is 2.31. The van der Waals surface area contributed by atoms with E-state index in [1.165, 1.54) is 0 Å². The number of carbonyl (C=O) groups excluding carboxylic acids is 3. The molecule has 2 aromatic carbocycles. The van der Waals surface area contributed by atoms with Gasteiger partial charge in [0.1, 0.15) is 6.04 Å². The summed E-state index contributed by atoms with van der Waals surface area (Å²) in [6, 6.07) is 16.0. The fraction of sp³-hybridized carbons (Fsp3) is 0.286. The highest BCUT2D eigenvalue weighted by atomic mass is 35.5. The Hall–Kier alpha value is -4.11. The van der Waals surface area contributed by atoms with Crippen molar-refractivity contribution in [1.29, 1.82) is 0 Å². The molecule has 2 heterocycles. The van der Waals surface area contributed by atoms with E-state index in [-0.39, 0.29) is 12.3 Å². The van der Waals surface area contributed by atoms with Gasteiger partial charge < -0.3 is 26.6 Å². The van der Waals surface area contributed by atoms with Crippen LogP contribution in [0.15, 0.2) is 73.1 Å². The van der Waals surface area contributed by atoms with Gasteiger partial charge in [0.05, 0.1) is 0 Å². The lowest BCUT2D eigenvalue weighted by Crippen LogP contribution is -2.50. The lowest BCUT2D eigenvalue weighted by molar-refractivity contribution is -0.123. The van der Waals surface area contributed by atoms with Crippen LogP contribution in [0.25, 0.3) is 0 Å². The van der Waals surface area contributed by atoms with Gasteiger partial charge in [-0.3, -0.25) is 14.6 Å². The van der Waals surface area contributed by atoms with Crippen LogP contribution >= 0.6 is 11.6 Å². The molecule has 3 aromatic rings. The fourth-order valence-electron chi connectivity index (χ4n) is 4.47. The number of piperidine rings is 1. The summed E-state index contributed by atoms with van der Waals surface area (Å²) < 4.78 is 0. The van der Waals surface area contributed by atoms with Crippen LogP contribution in [-0.2, 0) is 11.2 Å². The summed E-state index contributed by atoms with van der Waals surface area (Å²) in [5.74, 6) is -0.518. The third-order valence-corrected chi connectivity index (χ3v) is 6.83. The number of urea groups is 1. The number of nitrogens with one attached hydrogen (secondary N) is 3. The smallest absolute Gasteiger partial charge is 0.319 e. The molecular formula is C28H31ClN6O3. The van der Waals surface area contributed by atoms with Gasteiger partial charge in [-0.05, 0) is 72.9 Å². The second-order valence-corrected chi connectivity index (χ2v) is 9.74. The molecule has 10 heteroatoms. The van der Waals surface area contributed by atoms with E-state index in [2.05, 4.69) is 25.8 Å². The van der Waals surface area contributed by atoms with Gasteiger partial charge >= 0.3 is 6.03 Å². The van der Waals surface area contributed by atoms with Gasteiger partial charge in [0.15, 0.2) is 0 Å². The molecule has 1 aliphatic rings. The van der Waals surface area contributed by atoms with Crippen LogP contribution in [0.5, 0.6) is 0 Å². The molecule has 0 bridgehead atoms. The number of aromatic nitrogens is 1. The largest absolute Gasteiger partial charge is 0.371 e. The first-order chi connectivity index (χ1) is 18.4. The van der Waals surface area contributed by atoms with E-state index in [4.69, 9.17) is 17.3 Å². The van der Waals surface area contributed by atoms with Crippen molar-refractivity contribution in [2.24, 2.45) is 11.7 Å². The predicted molar refractivity (Wildman–Crippen MR) is 148 cm³/mol. The van der Waals surface area contributed by atoms with Crippen LogP contribution in [0.3, 0.4) is 0 Å². The second kappa shape index (κ2) is 12.9. The number of benzene rings is 2. The Labute approximate surface area is 226 Å². The first-order valence-corrected chi connectivity index (χ1v) is 12.9. The van der Waals surface area contributed by atoms with Crippen molar-refractivity contribution in [3.05, 3.63) is 89.2 Å². The predicted octanol–water partition coefficient (Wildman–Crippen LogP) is 3.60. The number of rotatable bonds is 9. The van der Waals surface area contributed by atoms with E-state index < -0.39 is 18.0 Å². The van der Waals surface area contributed by atoms with E-state index in [1.807, 2.05) is 12.1 Å². The van der Waals surface area contributed by atoms with E-state index in [0.717, 1.165) is 31.6 Å². The van der Waals surface area contributed by atoms with Gasteiger partial charge in [0.2, 0.25) is 11.8 Å². The highest BCUT2D eigenvalue weighted by Crippen LogP contribution is 2.22. The summed E-state index contributed by atoms with van der Waals surface area (Å²) in [6.07, 6.45) is 5.66. The Morgan fingerprint density at radius 1 is 1.03 bits per heavy atom. The molecule has 1 atom stereocenters. The average Bonchev–Trinajstić information content (AvgIpc) is 2.93. The topological polar surface area (TPSA) is 129 Å². The van der Waals surface area contributed by atoms with E-state index in [1.54, 1.807) is 60.9 Å². The zero-order valence-electron chi connectivity index (χ0n) is 20.9. The standard InChI is InChI=1S/C28H31ClN6O3/c29-22-4-6-23(7-5-22)33-28(38)34-25(17-20-2-1-3-21(16-20)26(30)36)27(37)32-18-19-10-14-35(15-11-19)24-8-12-31-13-9-24/h1-9,12-13,16,19,25H,10-11,14-15,17-18H2,(H2,30,36)(H,32,37)(H2,33,34,38). The average molecular weight is 535 g/mol. The number of pyridine rings is 1. The number of carbonyl (C=O) groups is 3. The number of hydrogen-bond acceptors (Lipinski definition) is 5. The van der Waals surface area contributed by atoms with E-state index in [9.17, 15) is 14.4 Å². The van der Waals surface area contributed by atoms with Crippen LogP contribution < -0.4 is 26.6 Å². The monoisotopic (exact) mass is 534 g/mol. The molecule has 0 spiro atoms. The molecule has 1 aromatic heterocycles. The maximum Gasteiger partial charge on any atom is 0.319 e. The van der Waals surface area contributed by atoms with Gasteiger partial charge in [0.25, 0.3) is 0 Å². The molecule has 1 unspecified atom stereocenters. The highest BCUT2D eigenvalue weighted by Gasteiger charge is 2.24. The Kier molecular flexibility index (Phi) is 9.16. The van der Waals surface area contributed by atoms with Crippen LogP contribution in [0.4, 0.5) is 16.2 Å². The zero-order chi connectivity index (χ0) is 26.9. The highest BCUT2D eigenvalue weighted by molar-refractivity contribution is 6.30. The molecule has 0 saturated carbocycles. The Bertz CT molecular complexity index is 1250. The molecule has 5 N–H and O–H groups in total. The first-order valence-electron chi connectivity index (χ1n) is 12.5. The minimum Gasteiger partial charge on any atom is -0.371 e. The fourth-order valence-corrected chi connectivity index (χ4v) is 4.60. The van der Waals surface area contributed by atoms with Crippen LogP contribution in [0.1, 0.15) is 28.8 Å². The molecule has 1 aliphatic heterocycles. The van der Waals surface area contributed by atoms with E-state index >= 15 is 0 Å². The number of anilines is 2. The minimum absolute atomic E-state index is 0.196. The number of nitrogens with zero attached hydrogens (tertiary/aromatic N) is 2. The first kappa shape index (κ1) is 26.9. The number of nitrogens with two attached hydrogens (primary N) is 1. The quantitative estimate of drug-likeness (QED) is 0.333. The van der Waals surface area contributed by atoms with Gasteiger partial charge in [-0.1, -0.05) is 23.7 Å². The van der Waals surface area contributed by atoms with Gasteiger partial charge in [0, 0.05) is 60.4 Å². The molecule has 198 valence electrons. The lowest BCUT2D eigenvalue weighted by Gasteiger charge is -2.33. The molecule has 4 rings (SSSR count). The summed E-state index contributed by atoms with van der Waals surface area (Å²) in [5, 5.41) is 9.06. The number of hydrogen-bond donors (Lipinski definition) is 4. The molecule has 1 saturated heterocycles. The Morgan fingerprint density at radius 2 is 1.74 bits per heavy atom. The van der Waals surface area contributed by atoms with Crippen LogP contribution in [-0.4, -0.2) is 48.5 Å². The second-order valence-electron chi connectivity index (χ2n) is 9.31. The Balaban J connectivity index is 1.37. The summed E-state index contributed by atoms with van der Waals surface area (Å²) in [4.78, 5) is 44.0. The third-order valence-electron chi connectivity index (χ3n) is 6.58. The van der Waals surface area contributed by atoms with E-state index in [0.29, 0.717) is 34.3 Å². The maximum absolute atomic E-state index is 13.2. The molecule has 0 aliphatic carbocycles. The van der Waals surface area contributed by atoms with Crippen molar-refractivity contribution < 1.29 is 14.4 Å². The summed E-state index contributed by atoms with van der Waals surface area (Å²) >= 11 is 5.92. The van der Waals surface area contributed by atoms with Crippen molar-refractivity contribution in [1.82, 2.24) is 15.6 Å². The molecule has 1 fully saturated rings. The summed E-state index contributed by atoms with van der Waals surface area (Å²) in [5.41, 5.74) is 8.16.